The fourth-order valence-corrected chi connectivity index (χ4v) is 0.668. The molecule has 0 radical (unpaired) electrons. The average molecular weight is 165 g/mol. The Bertz CT molecular complexity index is 67.9. The van der Waals surface area contributed by atoms with Crippen LogP contribution in [0.5, 0.6) is 0 Å². The van der Waals surface area contributed by atoms with Crippen LogP contribution in [0.3, 0.4) is 0 Å². The van der Waals surface area contributed by atoms with Crippen molar-refractivity contribution in [1.82, 2.24) is 0 Å². The molecule has 0 unspecified atom stereocenters. The molecule has 0 aliphatic carbocycles. The first-order valence-electron chi connectivity index (χ1n) is 1.39. The van der Waals surface area contributed by atoms with Crippen molar-refractivity contribution in [3.05, 3.63) is 22.4 Å². The first-order chi connectivity index (χ1) is 2.77. The molecule has 0 rings (SSSR count). The van der Waals surface area contributed by atoms with E-state index in [0.29, 0.717) is 0 Å². The fourth-order valence-electron chi connectivity index (χ4n) is 0.0904. The summed E-state index contributed by atoms with van der Waals surface area (Å²) in [6.07, 6.45) is 0. The van der Waals surface area contributed by atoms with Crippen LogP contribution >= 0.6 is 27.7 Å². The van der Waals surface area contributed by atoms with Crippen molar-refractivity contribution in [2.75, 3.05) is 0 Å². The summed E-state index contributed by atoms with van der Waals surface area (Å²) in [6, 6.07) is 0. The van der Waals surface area contributed by atoms with Crippen molar-refractivity contribution in [1.29, 1.82) is 0 Å². The molecule has 0 aliphatic rings. The molecule has 0 N–H and O–H groups in total. The van der Waals surface area contributed by atoms with E-state index in [1.165, 1.54) is 11.8 Å². The first kappa shape index (κ1) is 6.31. The summed E-state index contributed by atoms with van der Waals surface area (Å²) in [7, 11) is 0. The van der Waals surface area contributed by atoms with Crippen LogP contribution in [0.25, 0.3) is 0 Å². The topological polar surface area (TPSA) is 0 Å². The second-order valence-electron chi connectivity index (χ2n) is 0.640. The molecule has 6 heavy (non-hydrogen) atoms. The summed E-state index contributed by atoms with van der Waals surface area (Å²) in [5.74, 6) is 0. The fraction of sp³-hybridized carbons (Fsp3) is 0. The zero-order chi connectivity index (χ0) is 4.99. The van der Waals surface area contributed by atoms with Gasteiger partial charge in [-0.1, -0.05) is 24.9 Å². The van der Waals surface area contributed by atoms with E-state index in [1.54, 1.807) is 5.41 Å². The molecular weight excluding hydrogens is 160 g/mol. The van der Waals surface area contributed by atoms with E-state index >= 15 is 0 Å². The van der Waals surface area contributed by atoms with Gasteiger partial charge >= 0.3 is 0 Å². The van der Waals surface area contributed by atoms with E-state index in [9.17, 15) is 0 Å². The number of hydrogen-bond acceptors (Lipinski definition) is 1. The molecular formula is C4H5BrS. The second-order valence-corrected chi connectivity index (χ2v) is 3.18. The zero-order valence-electron chi connectivity index (χ0n) is 3.28. The van der Waals surface area contributed by atoms with Crippen molar-refractivity contribution in [3.8, 4) is 0 Å². The molecule has 0 aromatic carbocycles. The van der Waals surface area contributed by atoms with Gasteiger partial charge in [0, 0.05) is 3.81 Å². The lowest BCUT2D eigenvalue weighted by molar-refractivity contribution is 2.52. The Labute approximate surface area is 50.4 Å². The first-order valence-corrected chi connectivity index (χ1v) is 3.06. The number of halogens is 1. The zero-order valence-corrected chi connectivity index (χ0v) is 5.68. The highest BCUT2D eigenvalue weighted by molar-refractivity contribution is 9.14. The molecule has 0 spiro atoms. The van der Waals surface area contributed by atoms with Gasteiger partial charge in [0.1, 0.15) is 0 Å². The molecule has 0 bridgehead atoms. The monoisotopic (exact) mass is 164 g/mol. The van der Waals surface area contributed by atoms with Crippen molar-refractivity contribution < 1.29 is 0 Å². The summed E-state index contributed by atoms with van der Waals surface area (Å²) < 4.78 is 0.900. The van der Waals surface area contributed by atoms with Gasteiger partial charge in [-0.15, -0.1) is 0 Å². The number of rotatable bonds is 2. The maximum absolute atomic E-state index is 3.55. The van der Waals surface area contributed by atoms with Crippen LogP contribution in [0.1, 0.15) is 0 Å². The van der Waals surface area contributed by atoms with Crippen LogP contribution in [-0.4, -0.2) is 0 Å². The molecule has 34 valence electrons. The molecule has 0 amide bonds. The standard InChI is InChI=1S/C4H5BrS/c1-3-6-4(2)5/h3H,1-2H2. The van der Waals surface area contributed by atoms with Crippen LogP contribution in [0, 0.1) is 0 Å². The molecule has 0 aromatic rings. The highest BCUT2D eigenvalue weighted by Crippen LogP contribution is 2.18. The third kappa shape index (κ3) is 4.31. The van der Waals surface area contributed by atoms with Gasteiger partial charge in [-0.2, -0.15) is 0 Å². The van der Waals surface area contributed by atoms with Crippen LogP contribution in [-0.2, 0) is 0 Å². The van der Waals surface area contributed by atoms with Crippen LogP contribution in [0.15, 0.2) is 22.4 Å². The van der Waals surface area contributed by atoms with E-state index in [2.05, 4.69) is 29.1 Å². The Morgan fingerprint density at radius 1 is 1.83 bits per heavy atom. The van der Waals surface area contributed by atoms with E-state index in [1.807, 2.05) is 0 Å². The van der Waals surface area contributed by atoms with E-state index in [4.69, 9.17) is 0 Å². The number of hydrogen-bond donors (Lipinski definition) is 0. The molecule has 0 nitrogen and oxygen atoms in total. The van der Waals surface area contributed by atoms with E-state index < -0.39 is 0 Å². The summed E-state index contributed by atoms with van der Waals surface area (Å²) >= 11 is 4.60. The van der Waals surface area contributed by atoms with Gasteiger partial charge in [0.05, 0.1) is 0 Å². The molecule has 0 saturated heterocycles. The lowest BCUT2D eigenvalue weighted by Gasteiger charge is -1.79. The van der Waals surface area contributed by atoms with Gasteiger partial charge in [0.2, 0.25) is 0 Å². The second kappa shape index (κ2) is 3.50. The molecule has 0 aromatic heterocycles. The van der Waals surface area contributed by atoms with E-state index in [0.717, 1.165) is 3.81 Å². The summed E-state index contributed by atoms with van der Waals surface area (Å²) in [6.45, 7) is 7.03. The molecule has 0 aliphatic heterocycles. The summed E-state index contributed by atoms with van der Waals surface area (Å²) in [4.78, 5) is 0. The van der Waals surface area contributed by atoms with Crippen molar-refractivity contribution in [2.45, 2.75) is 0 Å². The Morgan fingerprint density at radius 3 is 2.33 bits per heavy atom. The van der Waals surface area contributed by atoms with Crippen molar-refractivity contribution in [2.24, 2.45) is 0 Å². The highest BCUT2D eigenvalue weighted by Gasteiger charge is 1.74. The molecule has 2 heteroatoms. The molecule has 0 atom stereocenters. The van der Waals surface area contributed by atoms with Gasteiger partial charge in [0.15, 0.2) is 0 Å². The minimum atomic E-state index is 0.900. The van der Waals surface area contributed by atoms with Gasteiger partial charge in [-0.3, -0.25) is 0 Å². The van der Waals surface area contributed by atoms with E-state index in [-0.39, 0.29) is 0 Å². The van der Waals surface area contributed by atoms with Gasteiger partial charge < -0.3 is 0 Å². The van der Waals surface area contributed by atoms with Gasteiger partial charge in [-0.05, 0) is 21.3 Å². The SMILES string of the molecule is C=CSC(=C)Br. The van der Waals surface area contributed by atoms with Crippen LogP contribution in [0.4, 0.5) is 0 Å². The predicted octanol–water partition coefficient (Wildman–Crippen LogP) is 2.73. The maximum atomic E-state index is 3.55. The normalized spacial score (nSPS) is 7.50. The lowest BCUT2D eigenvalue weighted by Crippen LogP contribution is -1.41. The Kier molecular flexibility index (Phi) is 3.68. The smallest absolute Gasteiger partial charge is 0.0473 e. The molecule has 0 fully saturated rings. The average Bonchev–Trinajstić information content (AvgIpc) is 1.35. The van der Waals surface area contributed by atoms with Crippen LogP contribution in [0.2, 0.25) is 0 Å². The predicted molar refractivity (Wildman–Crippen MR) is 35.9 cm³/mol. The summed E-state index contributed by atoms with van der Waals surface area (Å²) in [5, 5.41) is 1.72. The summed E-state index contributed by atoms with van der Waals surface area (Å²) in [5.41, 5.74) is 0. The quantitative estimate of drug-likeness (QED) is 0.606. The largest absolute Gasteiger partial charge is 0.0923 e. The Morgan fingerprint density at radius 2 is 2.33 bits per heavy atom. The Hall–Kier alpha value is 0.310. The lowest BCUT2D eigenvalue weighted by atomic mass is 11.3. The van der Waals surface area contributed by atoms with Crippen LogP contribution < -0.4 is 0 Å². The minimum Gasteiger partial charge on any atom is -0.0923 e. The Balaban J connectivity index is 3.05. The third-order valence-corrected chi connectivity index (χ3v) is 1.19. The highest BCUT2D eigenvalue weighted by atomic mass is 79.9. The molecule has 0 saturated carbocycles. The van der Waals surface area contributed by atoms with Gasteiger partial charge in [0.25, 0.3) is 0 Å². The molecule has 0 heterocycles. The van der Waals surface area contributed by atoms with Crippen molar-refractivity contribution >= 4 is 27.7 Å². The minimum absolute atomic E-state index is 0.900. The van der Waals surface area contributed by atoms with Gasteiger partial charge in [-0.25, -0.2) is 0 Å². The number of thioether (sulfide) groups is 1. The van der Waals surface area contributed by atoms with Crippen molar-refractivity contribution in [3.63, 3.8) is 0 Å². The third-order valence-electron chi connectivity index (χ3n) is 0.211. The maximum Gasteiger partial charge on any atom is 0.0473 e.